The number of nitrogens with zero attached hydrogens (tertiary/aromatic N) is 1. The summed E-state index contributed by atoms with van der Waals surface area (Å²) in [6.07, 6.45) is 0. The van der Waals surface area contributed by atoms with Crippen molar-refractivity contribution in [3.05, 3.63) is 21.9 Å². The lowest BCUT2D eigenvalue weighted by Gasteiger charge is -2.26. The molecule has 0 saturated carbocycles. The topological polar surface area (TPSA) is 3.24 Å². The predicted octanol–water partition coefficient (Wildman–Crippen LogP) is 3.34. The molecule has 1 aromatic rings. The zero-order valence-electron chi connectivity index (χ0n) is 9.94. The van der Waals surface area contributed by atoms with Gasteiger partial charge in [-0.15, -0.1) is 11.3 Å². The molecular weight excluding hydrogens is 254 g/mol. The maximum atomic E-state index is 2.53. The van der Waals surface area contributed by atoms with Crippen molar-refractivity contribution in [2.45, 2.75) is 19.5 Å². The van der Waals surface area contributed by atoms with Gasteiger partial charge in [0.15, 0.2) is 0 Å². The van der Waals surface area contributed by atoms with Crippen LogP contribution in [0, 0.1) is 6.92 Å². The Kier molecular flexibility index (Phi) is 5.07. The molecule has 0 atom stereocenters. The molecule has 0 aliphatic carbocycles. The SMILES string of the molecule is Cc1ccsc1CN(C)C1CSCCSC1. The van der Waals surface area contributed by atoms with Crippen molar-refractivity contribution in [2.75, 3.05) is 30.1 Å². The quantitative estimate of drug-likeness (QED) is 0.831. The van der Waals surface area contributed by atoms with Gasteiger partial charge in [0, 0.05) is 40.5 Å². The largest absolute Gasteiger partial charge is 0.297 e. The minimum atomic E-state index is 0.749. The van der Waals surface area contributed by atoms with Crippen molar-refractivity contribution >= 4 is 34.9 Å². The average molecular weight is 273 g/mol. The molecule has 1 aliphatic rings. The van der Waals surface area contributed by atoms with E-state index in [1.54, 1.807) is 0 Å². The van der Waals surface area contributed by atoms with Crippen LogP contribution in [0.15, 0.2) is 11.4 Å². The van der Waals surface area contributed by atoms with Crippen molar-refractivity contribution in [3.8, 4) is 0 Å². The highest BCUT2D eigenvalue weighted by molar-refractivity contribution is 8.03. The number of aryl methyl sites for hydroxylation is 1. The van der Waals surface area contributed by atoms with Gasteiger partial charge in [0.05, 0.1) is 0 Å². The van der Waals surface area contributed by atoms with Crippen LogP contribution in [0.25, 0.3) is 0 Å². The Morgan fingerprint density at radius 1 is 1.31 bits per heavy atom. The summed E-state index contributed by atoms with van der Waals surface area (Å²) in [5.74, 6) is 5.25. The highest BCUT2D eigenvalue weighted by atomic mass is 32.2. The molecule has 0 aromatic carbocycles. The van der Waals surface area contributed by atoms with E-state index in [9.17, 15) is 0 Å². The standard InChI is InChI=1S/C12H19NS3/c1-10-3-4-16-12(10)7-13(2)11-8-14-5-6-15-9-11/h3-4,11H,5-9H2,1-2H3. The summed E-state index contributed by atoms with van der Waals surface area (Å²) < 4.78 is 0. The molecule has 0 spiro atoms. The smallest absolute Gasteiger partial charge is 0.0331 e. The Labute approximate surface area is 111 Å². The molecular formula is C12H19NS3. The summed E-state index contributed by atoms with van der Waals surface area (Å²) in [5.41, 5.74) is 1.45. The second kappa shape index (κ2) is 6.34. The predicted molar refractivity (Wildman–Crippen MR) is 79.0 cm³/mol. The zero-order valence-corrected chi connectivity index (χ0v) is 12.4. The van der Waals surface area contributed by atoms with E-state index in [-0.39, 0.29) is 0 Å². The van der Waals surface area contributed by atoms with Crippen LogP contribution >= 0.6 is 34.9 Å². The maximum Gasteiger partial charge on any atom is 0.0331 e. The van der Waals surface area contributed by atoms with Crippen LogP contribution in [-0.4, -0.2) is 41.0 Å². The van der Waals surface area contributed by atoms with Gasteiger partial charge in [0.2, 0.25) is 0 Å². The van der Waals surface area contributed by atoms with Crippen LogP contribution in [0.1, 0.15) is 10.4 Å². The molecule has 90 valence electrons. The van der Waals surface area contributed by atoms with Crippen molar-refractivity contribution in [1.82, 2.24) is 4.90 Å². The second-order valence-corrected chi connectivity index (χ2v) is 7.55. The molecule has 4 heteroatoms. The number of hydrogen-bond donors (Lipinski definition) is 0. The van der Waals surface area contributed by atoms with E-state index < -0.39 is 0 Å². The fourth-order valence-electron chi connectivity index (χ4n) is 1.78. The van der Waals surface area contributed by atoms with Crippen molar-refractivity contribution in [2.24, 2.45) is 0 Å². The van der Waals surface area contributed by atoms with Crippen molar-refractivity contribution < 1.29 is 0 Å². The van der Waals surface area contributed by atoms with Gasteiger partial charge in [-0.3, -0.25) is 4.90 Å². The number of rotatable bonds is 3. The van der Waals surface area contributed by atoms with E-state index >= 15 is 0 Å². The van der Waals surface area contributed by atoms with Gasteiger partial charge in [-0.05, 0) is 31.0 Å². The van der Waals surface area contributed by atoms with E-state index in [0.717, 1.165) is 12.6 Å². The van der Waals surface area contributed by atoms with Crippen LogP contribution < -0.4 is 0 Å². The van der Waals surface area contributed by atoms with E-state index in [1.165, 1.54) is 33.5 Å². The molecule has 1 fully saturated rings. The van der Waals surface area contributed by atoms with E-state index in [0.29, 0.717) is 0 Å². The summed E-state index contributed by atoms with van der Waals surface area (Å²) in [4.78, 5) is 4.06. The third-order valence-corrected chi connectivity index (χ3v) is 6.47. The highest BCUT2D eigenvalue weighted by Gasteiger charge is 2.18. The van der Waals surface area contributed by atoms with Crippen LogP contribution in [0.3, 0.4) is 0 Å². The highest BCUT2D eigenvalue weighted by Crippen LogP contribution is 2.23. The van der Waals surface area contributed by atoms with E-state index in [2.05, 4.69) is 53.8 Å². The van der Waals surface area contributed by atoms with Crippen LogP contribution in [0.2, 0.25) is 0 Å². The summed E-state index contributed by atoms with van der Waals surface area (Å²) in [6, 6.07) is 2.98. The molecule has 0 amide bonds. The van der Waals surface area contributed by atoms with Gasteiger partial charge in [-0.25, -0.2) is 0 Å². The second-order valence-electron chi connectivity index (χ2n) is 4.25. The molecule has 2 rings (SSSR count). The van der Waals surface area contributed by atoms with E-state index in [4.69, 9.17) is 0 Å². The molecule has 0 N–H and O–H groups in total. The fourth-order valence-corrected chi connectivity index (χ4v) is 5.46. The zero-order chi connectivity index (χ0) is 11.4. The summed E-state index contributed by atoms with van der Waals surface area (Å²) in [5, 5.41) is 2.20. The van der Waals surface area contributed by atoms with Crippen LogP contribution in [0.5, 0.6) is 0 Å². The molecule has 2 heterocycles. The van der Waals surface area contributed by atoms with Crippen LogP contribution in [0.4, 0.5) is 0 Å². The molecule has 16 heavy (non-hydrogen) atoms. The molecule has 0 radical (unpaired) electrons. The Hall–Kier alpha value is 0.360. The lowest BCUT2D eigenvalue weighted by atomic mass is 10.2. The Balaban J connectivity index is 1.91. The lowest BCUT2D eigenvalue weighted by molar-refractivity contribution is 0.276. The summed E-state index contributed by atoms with van der Waals surface area (Å²) >= 11 is 6.11. The van der Waals surface area contributed by atoms with E-state index in [1.807, 2.05) is 11.3 Å². The first-order valence-electron chi connectivity index (χ1n) is 5.66. The van der Waals surface area contributed by atoms with Gasteiger partial charge in [0.25, 0.3) is 0 Å². The molecule has 0 bridgehead atoms. The molecule has 1 nitrogen and oxygen atoms in total. The monoisotopic (exact) mass is 273 g/mol. The lowest BCUT2D eigenvalue weighted by Crippen LogP contribution is -2.34. The Morgan fingerprint density at radius 3 is 2.56 bits per heavy atom. The summed E-state index contributed by atoms with van der Waals surface area (Å²) in [6.45, 7) is 3.34. The fraction of sp³-hybridized carbons (Fsp3) is 0.667. The van der Waals surface area contributed by atoms with Gasteiger partial charge in [-0.1, -0.05) is 0 Å². The third kappa shape index (κ3) is 3.42. The Morgan fingerprint density at radius 2 is 2.00 bits per heavy atom. The minimum absolute atomic E-state index is 0.749. The molecule has 1 aliphatic heterocycles. The van der Waals surface area contributed by atoms with Crippen molar-refractivity contribution in [3.63, 3.8) is 0 Å². The molecule has 0 unspecified atom stereocenters. The first kappa shape index (κ1) is 12.8. The van der Waals surface area contributed by atoms with Crippen molar-refractivity contribution in [1.29, 1.82) is 0 Å². The minimum Gasteiger partial charge on any atom is -0.297 e. The number of thioether (sulfide) groups is 2. The molecule has 1 aromatic heterocycles. The Bertz CT molecular complexity index is 316. The van der Waals surface area contributed by atoms with Crippen LogP contribution in [-0.2, 0) is 6.54 Å². The normalized spacial score (nSPS) is 18.9. The maximum absolute atomic E-state index is 2.53. The number of hydrogen-bond acceptors (Lipinski definition) is 4. The first-order chi connectivity index (χ1) is 7.77. The van der Waals surface area contributed by atoms with Gasteiger partial charge < -0.3 is 0 Å². The molecule has 1 saturated heterocycles. The third-order valence-electron chi connectivity index (χ3n) is 2.98. The number of thiophene rings is 1. The summed E-state index contributed by atoms with van der Waals surface area (Å²) in [7, 11) is 2.27. The average Bonchev–Trinajstić information content (AvgIpc) is 2.57. The first-order valence-corrected chi connectivity index (χ1v) is 8.85. The van der Waals surface area contributed by atoms with Gasteiger partial charge >= 0.3 is 0 Å². The van der Waals surface area contributed by atoms with Gasteiger partial charge in [0.1, 0.15) is 0 Å². The van der Waals surface area contributed by atoms with Gasteiger partial charge in [-0.2, -0.15) is 23.5 Å².